The van der Waals surface area contributed by atoms with Gasteiger partial charge in [0.2, 0.25) is 5.95 Å². The highest BCUT2D eigenvalue weighted by atomic mass is 35.5. The van der Waals surface area contributed by atoms with Crippen LogP contribution in [0.2, 0.25) is 10.0 Å². The normalized spacial score (nSPS) is 10.8. The lowest BCUT2D eigenvalue weighted by molar-refractivity contribution is 1.08. The summed E-state index contributed by atoms with van der Waals surface area (Å²) in [6.07, 6.45) is 2.89. The van der Waals surface area contributed by atoms with Gasteiger partial charge in [0.25, 0.3) is 5.56 Å². The number of benzene rings is 1. The highest BCUT2D eigenvalue weighted by molar-refractivity contribution is 6.36. The minimum Gasteiger partial charge on any atom is -0.291 e. The van der Waals surface area contributed by atoms with Gasteiger partial charge in [0, 0.05) is 22.8 Å². The fraction of sp³-hybridized carbons (Fsp3) is 0. The number of H-pyrrole nitrogens is 1. The molecule has 0 amide bonds. The van der Waals surface area contributed by atoms with Crippen LogP contribution in [0.3, 0.4) is 0 Å². The van der Waals surface area contributed by atoms with Gasteiger partial charge in [-0.3, -0.25) is 9.78 Å². The van der Waals surface area contributed by atoms with Crippen LogP contribution >= 0.6 is 23.2 Å². The van der Waals surface area contributed by atoms with E-state index in [0.717, 1.165) is 0 Å². The second kappa shape index (κ2) is 5.66. The summed E-state index contributed by atoms with van der Waals surface area (Å²) in [4.78, 5) is 17.3. The molecule has 0 saturated carbocycles. The molecular weight excluding hydrogens is 275 g/mol. The minimum atomic E-state index is -0.257. The van der Waals surface area contributed by atoms with Gasteiger partial charge in [-0.05, 0) is 12.1 Å². The number of hydrogen-bond acceptors (Lipinski definition) is 4. The van der Waals surface area contributed by atoms with Gasteiger partial charge in [-0.25, -0.2) is 10.4 Å². The number of halogens is 2. The number of hydrazone groups is 1. The zero-order valence-corrected chi connectivity index (χ0v) is 10.5. The van der Waals surface area contributed by atoms with Crippen LogP contribution in [0.15, 0.2) is 40.4 Å². The Morgan fingerprint density at radius 1 is 1.33 bits per heavy atom. The van der Waals surface area contributed by atoms with E-state index in [1.165, 1.54) is 18.5 Å². The Morgan fingerprint density at radius 2 is 2.17 bits per heavy atom. The predicted octanol–water partition coefficient (Wildman–Crippen LogP) is 2.52. The Bertz CT molecular complexity index is 639. The summed E-state index contributed by atoms with van der Waals surface area (Å²) >= 11 is 11.7. The average molecular weight is 283 g/mol. The van der Waals surface area contributed by atoms with Crippen LogP contribution < -0.4 is 11.0 Å². The van der Waals surface area contributed by atoms with E-state index in [9.17, 15) is 4.79 Å². The molecule has 2 rings (SSSR count). The molecule has 0 fully saturated rings. The second-order valence-corrected chi connectivity index (χ2v) is 4.16. The predicted molar refractivity (Wildman–Crippen MR) is 72.5 cm³/mol. The first-order valence-corrected chi connectivity index (χ1v) is 5.70. The Hall–Kier alpha value is -1.85. The molecule has 7 heteroatoms. The zero-order valence-electron chi connectivity index (χ0n) is 9.02. The Balaban J connectivity index is 2.10. The lowest BCUT2D eigenvalue weighted by atomic mass is 10.2. The van der Waals surface area contributed by atoms with Crippen molar-refractivity contribution < 1.29 is 0 Å². The van der Waals surface area contributed by atoms with E-state index in [4.69, 9.17) is 23.2 Å². The number of nitrogens with zero attached hydrogens (tertiary/aromatic N) is 2. The van der Waals surface area contributed by atoms with Crippen LogP contribution in [-0.2, 0) is 0 Å². The van der Waals surface area contributed by atoms with Gasteiger partial charge in [0.15, 0.2) is 0 Å². The molecule has 92 valence electrons. The van der Waals surface area contributed by atoms with Crippen LogP contribution in [-0.4, -0.2) is 16.2 Å². The molecule has 0 unspecified atom stereocenters. The van der Waals surface area contributed by atoms with E-state index in [-0.39, 0.29) is 11.5 Å². The molecule has 0 atom stereocenters. The third kappa shape index (κ3) is 3.32. The number of hydrogen-bond donors (Lipinski definition) is 2. The molecule has 2 aromatic rings. The van der Waals surface area contributed by atoms with E-state index >= 15 is 0 Å². The summed E-state index contributed by atoms with van der Waals surface area (Å²) in [6.45, 7) is 0. The van der Waals surface area contributed by atoms with Crippen molar-refractivity contribution in [3.8, 4) is 0 Å². The molecule has 0 bridgehead atoms. The summed E-state index contributed by atoms with van der Waals surface area (Å²) in [5, 5.41) is 4.95. The minimum absolute atomic E-state index is 0.254. The fourth-order valence-electron chi connectivity index (χ4n) is 1.20. The quantitative estimate of drug-likeness (QED) is 0.671. The van der Waals surface area contributed by atoms with Gasteiger partial charge in [0.05, 0.1) is 11.2 Å². The van der Waals surface area contributed by atoms with E-state index in [2.05, 4.69) is 20.5 Å². The van der Waals surface area contributed by atoms with Crippen molar-refractivity contribution in [2.24, 2.45) is 5.10 Å². The van der Waals surface area contributed by atoms with Crippen LogP contribution in [0.1, 0.15) is 5.56 Å². The van der Waals surface area contributed by atoms with Crippen LogP contribution in [0.25, 0.3) is 0 Å². The standard InChI is InChI=1S/C11H8Cl2N4O/c12-8-2-1-7(9(13)5-8)6-15-17-11-14-4-3-10(18)16-11/h1-6H,(H2,14,16,17,18). The molecular formula is C11H8Cl2N4O. The van der Waals surface area contributed by atoms with Crippen molar-refractivity contribution in [1.82, 2.24) is 9.97 Å². The van der Waals surface area contributed by atoms with Gasteiger partial charge in [-0.15, -0.1) is 0 Å². The summed E-state index contributed by atoms with van der Waals surface area (Å²) < 4.78 is 0. The first-order chi connectivity index (χ1) is 8.65. The molecule has 2 N–H and O–H groups in total. The van der Waals surface area contributed by atoms with Crippen molar-refractivity contribution in [2.45, 2.75) is 0 Å². The van der Waals surface area contributed by atoms with Crippen LogP contribution in [0.4, 0.5) is 5.95 Å². The maximum absolute atomic E-state index is 11.0. The third-order valence-electron chi connectivity index (χ3n) is 2.01. The second-order valence-electron chi connectivity index (χ2n) is 3.32. The van der Waals surface area contributed by atoms with E-state index in [1.807, 2.05) is 0 Å². The SMILES string of the molecule is O=c1ccnc(NN=Cc2ccc(Cl)cc2Cl)[nH]1. The van der Waals surface area contributed by atoms with Crippen LogP contribution in [0.5, 0.6) is 0 Å². The average Bonchev–Trinajstić information content (AvgIpc) is 2.32. The van der Waals surface area contributed by atoms with Crippen molar-refractivity contribution >= 4 is 35.4 Å². The Labute approximate surface area is 112 Å². The van der Waals surface area contributed by atoms with Gasteiger partial charge in [0.1, 0.15) is 0 Å². The van der Waals surface area contributed by atoms with Gasteiger partial charge < -0.3 is 0 Å². The molecule has 0 spiro atoms. The molecule has 0 radical (unpaired) electrons. The molecule has 5 nitrogen and oxygen atoms in total. The zero-order chi connectivity index (χ0) is 13.0. The molecule has 1 heterocycles. The lowest BCUT2D eigenvalue weighted by Gasteiger charge is -1.99. The highest BCUT2D eigenvalue weighted by Crippen LogP contribution is 2.19. The van der Waals surface area contributed by atoms with E-state index in [1.54, 1.807) is 18.2 Å². The smallest absolute Gasteiger partial charge is 0.252 e. The highest BCUT2D eigenvalue weighted by Gasteiger charge is 1.98. The Morgan fingerprint density at radius 3 is 2.89 bits per heavy atom. The summed E-state index contributed by atoms with van der Waals surface area (Å²) in [5.41, 5.74) is 3.03. The fourth-order valence-corrected chi connectivity index (χ4v) is 1.65. The first kappa shape index (κ1) is 12.6. The number of aromatic nitrogens is 2. The first-order valence-electron chi connectivity index (χ1n) is 4.94. The molecule has 0 saturated heterocycles. The number of rotatable bonds is 3. The molecule has 18 heavy (non-hydrogen) atoms. The molecule has 0 aliphatic rings. The topological polar surface area (TPSA) is 70.1 Å². The lowest BCUT2D eigenvalue weighted by Crippen LogP contribution is -2.07. The monoisotopic (exact) mass is 282 g/mol. The van der Waals surface area contributed by atoms with Crippen molar-refractivity contribution in [1.29, 1.82) is 0 Å². The molecule has 1 aromatic heterocycles. The molecule has 0 aliphatic heterocycles. The third-order valence-corrected chi connectivity index (χ3v) is 2.57. The van der Waals surface area contributed by atoms with Gasteiger partial charge in [-0.2, -0.15) is 5.10 Å². The Kier molecular flexibility index (Phi) is 3.96. The van der Waals surface area contributed by atoms with E-state index < -0.39 is 0 Å². The van der Waals surface area contributed by atoms with Crippen molar-refractivity contribution in [3.05, 3.63) is 56.4 Å². The summed E-state index contributed by atoms with van der Waals surface area (Å²) in [6, 6.07) is 6.37. The summed E-state index contributed by atoms with van der Waals surface area (Å²) in [7, 11) is 0. The molecule has 0 aliphatic carbocycles. The summed E-state index contributed by atoms with van der Waals surface area (Å²) in [5.74, 6) is 0.254. The molecule has 1 aromatic carbocycles. The van der Waals surface area contributed by atoms with E-state index in [0.29, 0.717) is 15.6 Å². The maximum Gasteiger partial charge on any atom is 0.252 e. The van der Waals surface area contributed by atoms with Crippen LogP contribution in [0, 0.1) is 0 Å². The largest absolute Gasteiger partial charge is 0.291 e. The van der Waals surface area contributed by atoms with Crippen molar-refractivity contribution in [3.63, 3.8) is 0 Å². The van der Waals surface area contributed by atoms with Crippen molar-refractivity contribution in [2.75, 3.05) is 5.43 Å². The number of aromatic amines is 1. The number of anilines is 1. The van der Waals surface area contributed by atoms with Gasteiger partial charge in [-0.1, -0.05) is 29.3 Å². The van der Waals surface area contributed by atoms with Gasteiger partial charge >= 0.3 is 0 Å². The number of nitrogens with one attached hydrogen (secondary N) is 2. The maximum atomic E-state index is 11.0.